The molecule has 2 bridgehead atoms. The van der Waals surface area contributed by atoms with Crippen molar-refractivity contribution in [1.29, 1.82) is 0 Å². The highest BCUT2D eigenvalue weighted by Gasteiger charge is 2.30. The molecular weight excluding hydrogens is 152 g/mol. The Labute approximate surface area is 72.0 Å². The van der Waals surface area contributed by atoms with E-state index in [1.807, 2.05) is 31.2 Å². The molecule has 2 heterocycles. The van der Waals surface area contributed by atoms with Gasteiger partial charge < -0.3 is 4.89 Å². The van der Waals surface area contributed by atoms with Gasteiger partial charge in [-0.3, -0.25) is 0 Å². The van der Waals surface area contributed by atoms with Crippen molar-refractivity contribution < 1.29 is 9.78 Å². The lowest BCUT2D eigenvalue weighted by Crippen LogP contribution is -2.24. The van der Waals surface area contributed by atoms with Gasteiger partial charge >= 0.3 is 0 Å². The van der Waals surface area contributed by atoms with Crippen LogP contribution in [0.25, 0.3) is 0 Å². The number of hydrogen-bond acceptors (Lipinski definition) is 2. The van der Waals surface area contributed by atoms with Crippen LogP contribution in [-0.2, 0) is 10.5 Å². The van der Waals surface area contributed by atoms with Gasteiger partial charge in [0.1, 0.15) is 5.60 Å². The van der Waals surface area contributed by atoms with E-state index < -0.39 is 0 Å². The van der Waals surface area contributed by atoms with Crippen molar-refractivity contribution in [2.45, 2.75) is 25.9 Å². The molecule has 0 fully saturated rings. The van der Waals surface area contributed by atoms with E-state index in [9.17, 15) is 0 Å². The highest BCUT2D eigenvalue weighted by atomic mass is 17.2. The highest BCUT2D eigenvalue weighted by Crippen LogP contribution is 2.34. The van der Waals surface area contributed by atoms with Gasteiger partial charge in [0.15, 0.2) is 5.75 Å². The van der Waals surface area contributed by atoms with Crippen LogP contribution in [0.3, 0.4) is 0 Å². The van der Waals surface area contributed by atoms with Crippen LogP contribution in [0.15, 0.2) is 24.3 Å². The van der Waals surface area contributed by atoms with E-state index in [4.69, 9.17) is 9.78 Å². The smallest absolute Gasteiger partial charge is 0.165 e. The zero-order valence-electron chi connectivity index (χ0n) is 7.33. The standard InChI is InChI=1S/C10H12O2/c1-3-10(2)8-4-6-9(7-5-8)11-12-10/h4-7H,3H2,1-2H3. The fraction of sp³-hybridized carbons (Fsp3) is 0.400. The minimum absolute atomic E-state index is 0.286. The predicted molar refractivity (Wildman–Crippen MR) is 45.8 cm³/mol. The second-order valence-corrected chi connectivity index (χ2v) is 3.28. The van der Waals surface area contributed by atoms with Gasteiger partial charge in [0.25, 0.3) is 0 Å². The molecule has 1 aromatic carbocycles. The van der Waals surface area contributed by atoms with E-state index in [-0.39, 0.29) is 5.60 Å². The summed E-state index contributed by atoms with van der Waals surface area (Å²) in [7, 11) is 0. The van der Waals surface area contributed by atoms with Crippen molar-refractivity contribution in [3.05, 3.63) is 29.8 Å². The second kappa shape index (κ2) is 2.49. The number of benzene rings is 1. The Morgan fingerprint density at radius 2 is 1.92 bits per heavy atom. The summed E-state index contributed by atoms with van der Waals surface area (Å²) in [5, 5.41) is 0. The van der Waals surface area contributed by atoms with E-state index in [2.05, 4.69) is 6.92 Å². The Kier molecular flexibility index (Phi) is 1.58. The molecule has 3 rings (SSSR count). The third kappa shape index (κ3) is 0.994. The van der Waals surface area contributed by atoms with E-state index in [1.54, 1.807) is 0 Å². The first-order chi connectivity index (χ1) is 5.74. The summed E-state index contributed by atoms with van der Waals surface area (Å²) in [6.45, 7) is 4.12. The van der Waals surface area contributed by atoms with Gasteiger partial charge in [-0.25, -0.2) is 0 Å². The first-order valence-corrected chi connectivity index (χ1v) is 4.21. The Bertz CT molecular complexity index is 278. The molecule has 0 aliphatic carbocycles. The highest BCUT2D eigenvalue weighted by molar-refractivity contribution is 5.31. The van der Waals surface area contributed by atoms with Gasteiger partial charge in [0, 0.05) is 0 Å². The third-order valence-electron chi connectivity index (χ3n) is 2.46. The number of fused-ring (bicyclic) bond motifs is 4. The van der Waals surface area contributed by atoms with Crippen LogP contribution in [0.1, 0.15) is 25.8 Å². The lowest BCUT2D eigenvalue weighted by atomic mass is 9.94. The zero-order chi connectivity index (χ0) is 8.60. The zero-order valence-corrected chi connectivity index (χ0v) is 7.33. The lowest BCUT2D eigenvalue weighted by Gasteiger charge is -2.23. The van der Waals surface area contributed by atoms with Gasteiger partial charge in [0.05, 0.1) is 0 Å². The van der Waals surface area contributed by atoms with E-state index in [0.717, 1.165) is 12.2 Å². The van der Waals surface area contributed by atoms with Gasteiger partial charge in [-0.1, -0.05) is 19.1 Å². The van der Waals surface area contributed by atoms with Gasteiger partial charge in [-0.05, 0) is 31.0 Å². The summed E-state index contributed by atoms with van der Waals surface area (Å²) in [4.78, 5) is 10.5. The molecule has 0 saturated carbocycles. The van der Waals surface area contributed by atoms with Gasteiger partial charge in [-0.15, -0.1) is 0 Å². The van der Waals surface area contributed by atoms with E-state index >= 15 is 0 Å². The average Bonchev–Trinajstić information content (AvgIpc) is 2.38. The summed E-state index contributed by atoms with van der Waals surface area (Å²) in [5.41, 5.74) is 0.886. The SMILES string of the molecule is CCC1(C)OOc2ccc1cc2. The second-order valence-electron chi connectivity index (χ2n) is 3.28. The van der Waals surface area contributed by atoms with Gasteiger partial charge in [0.2, 0.25) is 0 Å². The number of rotatable bonds is 1. The van der Waals surface area contributed by atoms with Gasteiger partial charge in [-0.2, -0.15) is 4.89 Å². The molecule has 0 aromatic heterocycles. The predicted octanol–water partition coefficient (Wildman–Crippen LogP) is 2.64. The molecule has 2 aliphatic rings. The van der Waals surface area contributed by atoms with Crippen molar-refractivity contribution in [3.8, 4) is 5.75 Å². The molecule has 1 aromatic rings. The normalized spacial score (nSPS) is 26.5. The molecule has 0 N–H and O–H groups in total. The maximum absolute atomic E-state index is 5.33. The first-order valence-electron chi connectivity index (χ1n) is 4.21. The fourth-order valence-corrected chi connectivity index (χ4v) is 1.31. The Morgan fingerprint density at radius 1 is 1.25 bits per heavy atom. The molecule has 1 unspecified atom stereocenters. The van der Waals surface area contributed by atoms with Crippen LogP contribution in [0.5, 0.6) is 5.75 Å². The van der Waals surface area contributed by atoms with Crippen molar-refractivity contribution in [2.75, 3.05) is 0 Å². The van der Waals surface area contributed by atoms with Crippen LogP contribution in [0.4, 0.5) is 0 Å². The van der Waals surface area contributed by atoms with E-state index in [0.29, 0.717) is 0 Å². The van der Waals surface area contributed by atoms with Crippen molar-refractivity contribution >= 4 is 0 Å². The Hall–Kier alpha value is -1.02. The first kappa shape index (κ1) is 7.62. The molecule has 0 saturated heterocycles. The molecule has 64 valence electrons. The molecule has 2 nitrogen and oxygen atoms in total. The van der Waals surface area contributed by atoms with Crippen LogP contribution in [-0.4, -0.2) is 0 Å². The van der Waals surface area contributed by atoms with Crippen LogP contribution in [0.2, 0.25) is 0 Å². The molecule has 12 heavy (non-hydrogen) atoms. The van der Waals surface area contributed by atoms with Crippen LogP contribution >= 0.6 is 0 Å². The largest absolute Gasteiger partial charge is 0.337 e. The van der Waals surface area contributed by atoms with Crippen molar-refractivity contribution in [1.82, 2.24) is 0 Å². The summed E-state index contributed by atoms with van der Waals surface area (Å²) >= 11 is 0. The fourth-order valence-electron chi connectivity index (χ4n) is 1.31. The molecule has 2 heteroatoms. The molecule has 0 amide bonds. The quantitative estimate of drug-likeness (QED) is 0.594. The summed E-state index contributed by atoms with van der Waals surface area (Å²) in [6, 6.07) is 7.95. The Morgan fingerprint density at radius 3 is 2.50 bits per heavy atom. The molecule has 2 aliphatic heterocycles. The molecular formula is C10H12O2. The lowest BCUT2D eigenvalue weighted by molar-refractivity contribution is -0.290. The number of hydrogen-bond donors (Lipinski definition) is 0. The Balaban J connectivity index is 2.46. The van der Waals surface area contributed by atoms with Crippen LogP contribution in [0, 0.1) is 0 Å². The minimum atomic E-state index is -0.286. The maximum atomic E-state index is 5.33. The third-order valence-corrected chi connectivity index (χ3v) is 2.46. The molecule has 1 atom stereocenters. The average molecular weight is 164 g/mol. The monoisotopic (exact) mass is 164 g/mol. The minimum Gasteiger partial charge on any atom is -0.337 e. The molecule has 0 spiro atoms. The molecule has 0 radical (unpaired) electrons. The summed E-state index contributed by atoms with van der Waals surface area (Å²) in [6.07, 6.45) is 0.907. The summed E-state index contributed by atoms with van der Waals surface area (Å²) < 4.78 is 0. The maximum Gasteiger partial charge on any atom is 0.165 e. The van der Waals surface area contributed by atoms with Crippen LogP contribution < -0.4 is 4.89 Å². The summed E-state index contributed by atoms with van der Waals surface area (Å²) in [5.74, 6) is 0.774. The van der Waals surface area contributed by atoms with Crippen molar-refractivity contribution in [2.24, 2.45) is 0 Å². The van der Waals surface area contributed by atoms with E-state index in [1.165, 1.54) is 5.56 Å². The topological polar surface area (TPSA) is 18.5 Å². The van der Waals surface area contributed by atoms with Crippen molar-refractivity contribution in [3.63, 3.8) is 0 Å².